The van der Waals surface area contributed by atoms with Crippen molar-refractivity contribution in [3.8, 4) is 5.69 Å². The third kappa shape index (κ3) is 2.87. The Labute approximate surface area is 123 Å². The largest absolute Gasteiger partial charge is 0.324 e. The summed E-state index contributed by atoms with van der Waals surface area (Å²) in [4.78, 5) is 12.4. The van der Waals surface area contributed by atoms with Crippen LogP contribution < -0.4 is 5.32 Å². The van der Waals surface area contributed by atoms with E-state index >= 15 is 0 Å². The number of rotatable bonds is 3. The van der Waals surface area contributed by atoms with Crippen molar-refractivity contribution in [2.24, 2.45) is 0 Å². The molecule has 3 nitrogen and oxygen atoms in total. The van der Waals surface area contributed by atoms with Crippen molar-refractivity contribution in [2.45, 2.75) is 6.92 Å². The quantitative estimate of drug-likeness (QED) is 0.769. The van der Waals surface area contributed by atoms with Crippen LogP contribution in [0.2, 0.25) is 0 Å². The Morgan fingerprint density at radius 3 is 2.48 bits per heavy atom. The fourth-order valence-electron chi connectivity index (χ4n) is 2.22. The summed E-state index contributed by atoms with van der Waals surface area (Å²) in [5.41, 5.74) is 3.50. The smallest absolute Gasteiger partial charge is 0.255 e. The molecular formula is C18H16N2O. The number of amides is 1. The van der Waals surface area contributed by atoms with Gasteiger partial charge in [0.2, 0.25) is 0 Å². The summed E-state index contributed by atoms with van der Waals surface area (Å²) in [7, 11) is 0. The zero-order valence-electron chi connectivity index (χ0n) is 11.8. The second kappa shape index (κ2) is 5.67. The molecule has 1 N–H and O–H groups in total. The lowest BCUT2D eigenvalue weighted by Crippen LogP contribution is -2.13. The van der Waals surface area contributed by atoms with Crippen LogP contribution in [-0.2, 0) is 0 Å². The van der Waals surface area contributed by atoms with E-state index in [1.165, 1.54) is 0 Å². The number of hydrogen-bond donors (Lipinski definition) is 1. The summed E-state index contributed by atoms with van der Waals surface area (Å²) in [6.45, 7) is 1.98. The molecule has 0 atom stereocenters. The Balaban J connectivity index is 1.85. The molecule has 0 unspecified atom stereocenters. The molecule has 3 rings (SSSR count). The Hall–Kier alpha value is -2.81. The van der Waals surface area contributed by atoms with Gasteiger partial charge in [-0.15, -0.1) is 0 Å². The average Bonchev–Trinajstić information content (AvgIpc) is 3.04. The summed E-state index contributed by atoms with van der Waals surface area (Å²) >= 11 is 0. The Morgan fingerprint density at radius 2 is 1.71 bits per heavy atom. The van der Waals surface area contributed by atoms with Crippen LogP contribution in [-0.4, -0.2) is 10.5 Å². The summed E-state index contributed by atoms with van der Waals surface area (Å²) in [6, 6.07) is 19.2. The summed E-state index contributed by atoms with van der Waals surface area (Å²) in [5, 5.41) is 2.95. The second-order valence-corrected chi connectivity index (χ2v) is 4.91. The third-order valence-electron chi connectivity index (χ3n) is 3.40. The highest BCUT2D eigenvalue weighted by molar-refractivity contribution is 6.04. The molecular weight excluding hydrogens is 260 g/mol. The molecule has 0 radical (unpaired) electrons. The molecule has 0 bridgehead atoms. The maximum absolute atomic E-state index is 12.4. The van der Waals surface area contributed by atoms with Crippen molar-refractivity contribution < 1.29 is 4.79 Å². The van der Waals surface area contributed by atoms with Crippen LogP contribution in [0.5, 0.6) is 0 Å². The van der Waals surface area contributed by atoms with Crippen molar-refractivity contribution in [1.82, 2.24) is 4.57 Å². The lowest BCUT2D eigenvalue weighted by Gasteiger charge is -2.09. The van der Waals surface area contributed by atoms with Gasteiger partial charge in [-0.3, -0.25) is 4.79 Å². The van der Waals surface area contributed by atoms with Crippen molar-refractivity contribution in [3.05, 3.63) is 84.2 Å². The predicted octanol–water partition coefficient (Wildman–Crippen LogP) is 4.04. The number of aryl methyl sites for hydroxylation is 1. The van der Waals surface area contributed by atoms with Crippen LogP contribution in [0.15, 0.2) is 73.1 Å². The first kappa shape index (κ1) is 13.2. The number of carbonyl (C=O) groups excluding carboxylic acids is 1. The van der Waals surface area contributed by atoms with Crippen molar-refractivity contribution >= 4 is 11.6 Å². The number of aromatic nitrogens is 1. The molecule has 0 aliphatic heterocycles. The highest BCUT2D eigenvalue weighted by Crippen LogP contribution is 2.16. The van der Waals surface area contributed by atoms with Gasteiger partial charge in [-0.05, 0) is 48.9 Å². The maximum atomic E-state index is 12.4. The fourth-order valence-corrected chi connectivity index (χ4v) is 2.22. The highest BCUT2D eigenvalue weighted by atomic mass is 16.1. The zero-order valence-corrected chi connectivity index (χ0v) is 11.8. The van der Waals surface area contributed by atoms with Gasteiger partial charge in [0.1, 0.15) is 0 Å². The van der Waals surface area contributed by atoms with Gasteiger partial charge in [0.15, 0.2) is 0 Å². The van der Waals surface area contributed by atoms with Gasteiger partial charge in [-0.1, -0.05) is 24.3 Å². The molecule has 3 heteroatoms. The molecule has 104 valence electrons. The summed E-state index contributed by atoms with van der Waals surface area (Å²) in [6.07, 6.45) is 3.91. The number of anilines is 1. The number of benzene rings is 2. The Kier molecular flexibility index (Phi) is 3.56. The van der Waals surface area contributed by atoms with E-state index in [0.29, 0.717) is 5.56 Å². The molecule has 0 saturated heterocycles. The van der Waals surface area contributed by atoms with Crippen LogP contribution in [0.3, 0.4) is 0 Å². The predicted molar refractivity (Wildman–Crippen MR) is 84.9 cm³/mol. The molecule has 0 fully saturated rings. The van der Waals surface area contributed by atoms with Gasteiger partial charge in [-0.2, -0.15) is 0 Å². The first-order valence-electron chi connectivity index (χ1n) is 6.84. The maximum Gasteiger partial charge on any atom is 0.255 e. The molecule has 21 heavy (non-hydrogen) atoms. The second-order valence-electron chi connectivity index (χ2n) is 4.91. The molecule has 3 aromatic rings. The van der Waals surface area contributed by atoms with Gasteiger partial charge in [0, 0.05) is 29.3 Å². The number of hydrogen-bond acceptors (Lipinski definition) is 1. The average molecular weight is 276 g/mol. The molecule has 0 aliphatic rings. The van der Waals surface area contributed by atoms with Crippen LogP contribution in [0, 0.1) is 6.92 Å². The summed E-state index contributed by atoms with van der Waals surface area (Å²) in [5.74, 6) is -0.0988. The number of carbonyl (C=O) groups is 1. The van der Waals surface area contributed by atoms with Crippen molar-refractivity contribution in [2.75, 3.05) is 5.32 Å². The molecule has 0 aliphatic carbocycles. The standard InChI is InChI=1S/C18H16N2O/c1-14-7-2-3-10-17(14)19-18(21)15-8-6-9-16(13-15)20-11-4-5-12-20/h2-13H,1H3,(H,19,21). The molecule has 0 saturated carbocycles. The van der Waals surface area contributed by atoms with E-state index < -0.39 is 0 Å². The van der Waals surface area contributed by atoms with Crippen LogP contribution >= 0.6 is 0 Å². The number of nitrogens with zero attached hydrogens (tertiary/aromatic N) is 1. The van der Waals surface area contributed by atoms with Gasteiger partial charge in [0.25, 0.3) is 5.91 Å². The van der Waals surface area contributed by atoms with Crippen molar-refractivity contribution in [3.63, 3.8) is 0 Å². The van der Waals surface area contributed by atoms with Crippen LogP contribution in [0.1, 0.15) is 15.9 Å². The monoisotopic (exact) mass is 276 g/mol. The van der Waals surface area contributed by atoms with Gasteiger partial charge >= 0.3 is 0 Å². The third-order valence-corrected chi connectivity index (χ3v) is 3.40. The Morgan fingerprint density at radius 1 is 0.952 bits per heavy atom. The minimum absolute atomic E-state index is 0.0988. The van der Waals surface area contributed by atoms with Crippen LogP contribution in [0.4, 0.5) is 5.69 Å². The van der Waals surface area contributed by atoms with E-state index in [0.717, 1.165) is 16.9 Å². The molecule has 1 aromatic heterocycles. The molecule has 1 heterocycles. The first-order chi connectivity index (χ1) is 10.2. The first-order valence-corrected chi connectivity index (χ1v) is 6.84. The van der Waals surface area contributed by atoms with E-state index in [-0.39, 0.29) is 5.91 Å². The van der Waals surface area contributed by atoms with E-state index in [1.54, 1.807) is 0 Å². The highest BCUT2D eigenvalue weighted by Gasteiger charge is 2.08. The molecule has 0 spiro atoms. The lowest BCUT2D eigenvalue weighted by atomic mass is 10.1. The number of para-hydroxylation sites is 1. The van der Waals surface area contributed by atoms with Gasteiger partial charge in [0.05, 0.1) is 0 Å². The van der Waals surface area contributed by atoms with E-state index in [2.05, 4.69) is 5.32 Å². The van der Waals surface area contributed by atoms with Gasteiger partial charge in [-0.25, -0.2) is 0 Å². The SMILES string of the molecule is Cc1ccccc1NC(=O)c1cccc(-n2cccc2)c1. The normalized spacial score (nSPS) is 10.3. The number of nitrogens with one attached hydrogen (secondary N) is 1. The molecule has 2 aromatic carbocycles. The topological polar surface area (TPSA) is 34.0 Å². The Bertz CT molecular complexity index is 760. The minimum atomic E-state index is -0.0988. The van der Waals surface area contributed by atoms with Crippen LogP contribution in [0.25, 0.3) is 5.69 Å². The van der Waals surface area contributed by atoms with E-state index in [1.807, 2.05) is 84.5 Å². The zero-order chi connectivity index (χ0) is 14.7. The van der Waals surface area contributed by atoms with Crippen molar-refractivity contribution in [1.29, 1.82) is 0 Å². The molecule has 1 amide bonds. The summed E-state index contributed by atoms with van der Waals surface area (Å²) < 4.78 is 1.98. The lowest BCUT2D eigenvalue weighted by molar-refractivity contribution is 0.102. The minimum Gasteiger partial charge on any atom is -0.324 e. The fraction of sp³-hybridized carbons (Fsp3) is 0.0556. The van der Waals surface area contributed by atoms with E-state index in [9.17, 15) is 4.79 Å². The van der Waals surface area contributed by atoms with E-state index in [4.69, 9.17) is 0 Å². The van der Waals surface area contributed by atoms with Gasteiger partial charge < -0.3 is 9.88 Å².